The highest BCUT2D eigenvalue weighted by atomic mass is 16.6. The third kappa shape index (κ3) is 4.96. The molecule has 0 aliphatic carbocycles. The van der Waals surface area contributed by atoms with Crippen molar-refractivity contribution in [1.29, 1.82) is 0 Å². The molecule has 132 valence electrons. The van der Waals surface area contributed by atoms with Crippen molar-refractivity contribution >= 4 is 12.1 Å². The van der Waals surface area contributed by atoms with E-state index in [-0.39, 0.29) is 6.42 Å². The molecule has 1 saturated heterocycles. The zero-order valence-corrected chi connectivity index (χ0v) is 14.6. The van der Waals surface area contributed by atoms with Crippen LogP contribution in [0.1, 0.15) is 66.2 Å². The quantitative estimate of drug-likeness (QED) is 0.501. The lowest BCUT2D eigenvalue weighted by Gasteiger charge is -2.37. The van der Waals surface area contributed by atoms with Gasteiger partial charge in [-0.3, -0.25) is 9.69 Å². The predicted molar refractivity (Wildman–Crippen MR) is 87.0 cm³/mol. The summed E-state index contributed by atoms with van der Waals surface area (Å²) in [5.41, 5.74) is -1.13. The van der Waals surface area contributed by atoms with Crippen molar-refractivity contribution in [3.63, 3.8) is 0 Å². The van der Waals surface area contributed by atoms with Crippen LogP contribution in [0.15, 0.2) is 11.6 Å². The molecule has 1 rings (SSSR count). The van der Waals surface area contributed by atoms with Crippen molar-refractivity contribution < 1.29 is 24.5 Å². The average molecular weight is 327 g/mol. The van der Waals surface area contributed by atoms with Crippen LogP contribution in [-0.2, 0) is 9.53 Å². The Morgan fingerprint density at radius 2 is 1.91 bits per heavy atom. The maximum absolute atomic E-state index is 12.1. The molecule has 2 atom stereocenters. The molecule has 1 aliphatic heterocycles. The van der Waals surface area contributed by atoms with Crippen LogP contribution in [0.25, 0.3) is 0 Å². The highest BCUT2D eigenvalue weighted by Crippen LogP contribution is 2.40. The third-order valence-electron chi connectivity index (χ3n) is 4.51. The van der Waals surface area contributed by atoms with Crippen molar-refractivity contribution in [1.82, 2.24) is 4.90 Å². The van der Waals surface area contributed by atoms with E-state index in [0.29, 0.717) is 32.2 Å². The lowest BCUT2D eigenvalue weighted by molar-refractivity contribution is -0.139. The summed E-state index contributed by atoms with van der Waals surface area (Å²) >= 11 is 0. The maximum Gasteiger partial charge on any atom is 0.412 e. The molecule has 2 N–H and O–H groups in total. The fourth-order valence-corrected chi connectivity index (χ4v) is 2.76. The van der Waals surface area contributed by atoms with Crippen molar-refractivity contribution in [2.45, 2.75) is 77.5 Å². The molecule has 0 aromatic carbocycles. The fraction of sp³-hybridized carbons (Fsp3) is 0.765. The summed E-state index contributed by atoms with van der Waals surface area (Å²) in [5.74, 6) is -0.815. The minimum Gasteiger partial charge on any atom is -0.481 e. The van der Waals surface area contributed by atoms with Gasteiger partial charge in [-0.15, -0.1) is 0 Å². The number of ether oxygens (including phenoxy) is 1. The second-order valence-electron chi connectivity index (χ2n) is 6.80. The van der Waals surface area contributed by atoms with Gasteiger partial charge in [0.1, 0.15) is 0 Å². The fourth-order valence-electron chi connectivity index (χ4n) is 2.76. The zero-order valence-electron chi connectivity index (χ0n) is 14.6. The minimum atomic E-state index is -1.37. The number of hydrogen-bond acceptors (Lipinski definition) is 4. The second-order valence-corrected chi connectivity index (χ2v) is 6.80. The Morgan fingerprint density at radius 1 is 1.26 bits per heavy atom. The van der Waals surface area contributed by atoms with E-state index in [1.54, 1.807) is 13.8 Å². The van der Waals surface area contributed by atoms with Gasteiger partial charge in [0, 0.05) is 13.0 Å². The number of rotatable bonds is 9. The number of carboxylic acids is 1. The number of carbonyl (C=O) groups is 2. The van der Waals surface area contributed by atoms with Crippen molar-refractivity contribution in [3.8, 4) is 0 Å². The molecule has 23 heavy (non-hydrogen) atoms. The van der Waals surface area contributed by atoms with Crippen LogP contribution in [-0.4, -0.2) is 45.0 Å². The molecule has 1 fully saturated rings. The smallest absolute Gasteiger partial charge is 0.412 e. The maximum atomic E-state index is 12.1. The minimum absolute atomic E-state index is 0.126. The molecule has 0 saturated carbocycles. The SMILES string of the molecule is CC(C)=CCC[C@@]1(C)OC(=O)N(CCCCCC(=O)O)[C@]1(C)O. The largest absolute Gasteiger partial charge is 0.481 e. The van der Waals surface area contributed by atoms with E-state index in [1.165, 1.54) is 10.5 Å². The lowest BCUT2D eigenvalue weighted by Crippen LogP contribution is -2.55. The molecule has 1 aliphatic rings. The number of nitrogens with zero attached hydrogens (tertiary/aromatic N) is 1. The molecule has 0 bridgehead atoms. The highest BCUT2D eigenvalue weighted by Gasteiger charge is 2.58. The van der Waals surface area contributed by atoms with Gasteiger partial charge < -0.3 is 14.9 Å². The van der Waals surface area contributed by atoms with Crippen LogP contribution in [0.4, 0.5) is 4.79 Å². The van der Waals surface area contributed by atoms with Crippen LogP contribution >= 0.6 is 0 Å². The lowest BCUT2D eigenvalue weighted by atomic mass is 9.88. The number of hydrogen-bond donors (Lipinski definition) is 2. The van der Waals surface area contributed by atoms with Gasteiger partial charge >= 0.3 is 12.1 Å². The summed E-state index contributed by atoms with van der Waals surface area (Å²) in [6, 6.07) is 0. The van der Waals surface area contributed by atoms with Gasteiger partial charge in [0.05, 0.1) is 0 Å². The van der Waals surface area contributed by atoms with E-state index < -0.39 is 23.4 Å². The Bertz CT molecular complexity index is 468. The van der Waals surface area contributed by atoms with Gasteiger partial charge in [-0.2, -0.15) is 0 Å². The summed E-state index contributed by atoms with van der Waals surface area (Å²) in [5, 5.41) is 19.4. The predicted octanol–water partition coefficient (Wildman–Crippen LogP) is 3.30. The first-order chi connectivity index (χ1) is 10.6. The van der Waals surface area contributed by atoms with Crippen LogP contribution in [0.3, 0.4) is 0 Å². The van der Waals surface area contributed by atoms with Crippen molar-refractivity contribution in [2.75, 3.05) is 6.54 Å². The molecule has 1 heterocycles. The van der Waals surface area contributed by atoms with Gasteiger partial charge in [0.2, 0.25) is 0 Å². The molecule has 0 spiro atoms. The van der Waals surface area contributed by atoms with Crippen molar-refractivity contribution in [2.24, 2.45) is 0 Å². The first kappa shape index (κ1) is 19.5. The van der Waals surface area contributed by atoms with E-state index in [2.05, 4.69) is 6.08 Å². The van der Waals surface area contributed by atoms with E-state index >= 15 is 0 Å². The van der Waals surface area contributed by atoms with Crippen molar-refractivity contribution in [3.05, 3.63) is 11.6 Å². The number of carboxylic acid groups (broad SMARTS) is 1. The molecular formula is C17H29NO5. The highest BCUT2D eigenvalue weighted by molar-refractivity contribution is 5.72. The van der Waals surface area contributed by atoms with E-state index in [0.717, 1.165) is 6.42 Å². The molecule has 0 radical (unpaired) electrons. The topological polar surface area (TPSA) is 87.1 Å². The van der Waals surface area contributed by atoms with Crippen LogP contribution in [0, 0.1) is 0 Å². The molecule has 0 unspecified atom stereocenters. The summed E-state index contributed by atoms with van der Waals surface area (Å²) in [6.07, 6.45) is 4.86. The number of aliphatic carboxylic acids is 1. The van der Waals surface area contributed by atoms with E-state index in [4.69, 9.17) is 9.84 Å². The first-order valence-electron chi connectivity index (χ1n) is 8.18. The number of allylic oxidation sites excluding steroid dienone is 2. The standard InChI is InChI=1S/C17H29NO5/c1-13(2)9-8-11-16(3)17(4,22)18(15(21)23-16)12-7-5-6-10-14(19)20/h9,22H,5-8,10-12H2,1-4H3,(H,19,20)/t16-,17-/m1/s1. The number of cyclic esters (lactones) is 1. The molecule has 1 amide bonds. The van der Waals surface area contributed by atoms with Gasteiger partial charge in [-0.25, -0.2) is 4.79 Å². The Balaban J connectivity index is 2.59. The average Bonchev–Trinajstić information content (AvgIpc) is 2.56. The van der Waals surface area contributed by atoms with Gasteiger partial charge in [0.25, 0.3) is 0 Å². The zero-order chi connectivity index (χ0) is 17.7. The van der Waals surface area contributed by atoms with Crippen LogP contribution in [0.2, 0.25) is 0 Å². The normalized spacial score (nSPS) is 27.0. The monoisotopic (exact) mass is 327 g/mol. The number of carbonyl (C=O) groups excluding carboxylic acids is 1. The Kier molecular flexibility index (Phi) is 6.62. The Morgan fingerprint density at radius 3 is 2.48 bits per heavy atom. The summed E-state index contributed by atoms with van der Waals surface area (Å²) in [6.45, 7) is 7.74. The number of aliphatic hydroxyl groups is 1. The van der Waals surface area contributed by atoms with E-state index in [1.807, 2.05) is 13.8 Å². The van der Waals surface area contributed by atoms with Crippen LogP contribution in [0.5, 0.6) is 0 Å². The first-order valence-corrected chi connectivity index (χ1v) is 8.18. The summed E-state index contributed by atoms with van der Waals surface area (Å²) < 4.78 is 5.47. The van der Waals surface area contributed by atoms with Crippen LogP contribution < -0.4 is 0 Å². The van der Waals surface area contributed by atoms with Gasteiger partial charge in [-0.05, 0) is 53.4 Å². The molecule has 0 aromatic rings. The number of unbranched alkanes of at least 4 members (excludes halogenated alkanes) is 2. The summed E-state index contributed by atoms with van der Waals surface area (Å²) in [4.78, 5) is 23.9. The van der Waals surface area contributed by atoms with Gasteiger partial charge in [0.15, 0.2) is 11.3 Å². The second kappa shape index (κ2) is 7.81. The molecular weight excluding hydrogens is 298 g/mol. The van der Waals surface area contributed by atoms with Gasteiger partial charge in [-0.1, -0.05) is 18.1 Å². The van der Waals surface area contributed by atoms with E-state index in [9.17, 15) is 14.7 Å². The molecule has 6 nitrogen and oxygen atoms in total. The molecule has 6 heteroatoms. The Hall–Kier alpha value is -1.56. The Labute approximate surface area is 138 Å². The summed E-state index contributed by atoms with van der Waals surface area (Å²) in [7, 11) is 0. The third-order valence-corrected chi connectivity index (χ3v) is 4.51. The number of amides is 1. The molecule has 0 aromatic heterocycles.